The molecule has 0 aliphatic rings. The summed E-state index contributed by atoms with van der Waals surface area (Å²) in [4.78, 5) is 11.7. The van der Waals surface area contributed by atoms with E-state index < -0.39 is 0 Å². The zero-order valence-corrected chi connectivity index (χ0v) is 13.0. The predicted octanol–water partition coefficient (Wildman–Crippen LogP) is 3.36. The van der Waals surface area contributed by atoms with Gasteiger partial charge in [0.25, 0.3) is 0 Å². The minimum Gasteiger partial charge on any atom is -0.376 e. The van der Waals surface area contributed by atoms with Crippen molar-refractivity contribution in [3.05, 3.63) is 64.4 Å². The Morgan fingerprint density at radius 3 is 2.62 bits per heavy atom. The number of anilines is 1. The van der Waals surface area contributed by atoms with Crippen molar-refractivity contribution in [3.8, 4) is 0 Å². The third-order valence-electron chi connectivity index (χ3n) is 2.93. The fourth-order valence-electron chi connectivity index (χ4n) is 1.84. The second-order valence-corrected chi connectivity index (χ2v) is 5.51. The molecule has 21 heavy (non-hydrogen) atoms. The van der Waals surface area contributed by atoms with Gasteiger partial charge in [0.05, 0.1) is 6.54 Å². The van der Waals surface area contributed by atoms with Crippen LogP contribution in [0.25, 0.3) is 0 Å². The summed E-state index contributed by atoms with van der Waals surface area (Å²) >= 11 is 3.37. The number of halogens is 2. The Morgan fingerprint density at radius 2 is 1.90 bits per heavy atom. The summed E-state index contributed by atoms with van der Waals surface area (Å²) in [7, 11) is 0. The van der Waals surface area contributed by atoms with Crippen LogP contribution in [0.4, 0.5) is 10.1 Å². The molecule has 0 atom stereocenters. The SMILES string of the molecule is O=C(CNc1cccc(Br)c1)NCCc1ccc(F)cc1. The van der Waals surface area contributed by atoms with E-state index in [9.17, 15) is 9.18 Å². The minimum atomic E-state index is -0.249. The zero-order valence-electron chi connectivity index (χ0n) is 11.4. The number of benzene rings is 2. The van der Waals surface area contributed by atoms with Crippen molar-refractivity contribution in [1.29, 1.82) is 0 Å². The summed E-state index contributed by atoms with van der Waals surface area (Å²) in [6, 6.07) is 13.9. The quantitative estimate of drug-likeness (QED) is 0.838. The van der Waals surface area contributed by atoms with Crippen molar-refractivity contribution >= 4 is 27.5 Å². The first-order chi connectivity index (χ1) is 10.1. The first-order valence-electron chi connectivity index (χ1n) is 6.64. The smallest absolute Gasteiger partial charge is 0.239 e. The molecule has 0 spiro atoms. The van der Waals surface area contributed by atoms with E-state index in [4.69, 9.17) is 0 Å². The molecule has 3 nitrogen and oxygen atoms in total. The van der Waals surface area contributed by atoms with Crippen LogP contribution in [-0.2, 0) is 11.2 Å². The van der Waals surface area contributed by atoms with Crippen molar-refractivity contribution in [1.82, 2.24) is 5.32 Å². The molecule has 0 saturated carbocycles. The number of rotatable bonds is 6. The Bertz CT molecular complexity index is 601. The molecular formula is C16H16BrFN2O. The molecule has 2 aromatic carbocycles. The highest BCUT2D eigenvalue weighted by Gasteiger charge is 2.01. The average molecular weight is 351 g/mol. The van der Waals surface area contributed by atoms with E-state index >= 15 is 0 Å². The average Bonchev–Trinajstić information content (AvgIpc) is 2.47. The molecule has 0 aromatic heterocycles. The van der Waals surface area contributed by atoms with Gasteiger partial charge in [-0.15, -0.1) is 0 Å². The van der Waals surface area contributed by atoms with Gasteiger partial charge in [-0.25, -0.2) is 4.39 Å². The van der Waals surface area contributed by atoms with Crippen molar-refractivity contribution in [3.63, 3.8) is 0 Å². The van der Waals surface area contributed by atoms with E-state index in [1.807, 2.05) is 24.3 Å². The molecule has 5 heteroatoms. The predicted molar refractivity (Wildman–Crippen MR) is 85.7 cm³/mol. The van der Waals surface area contributed by atoms with Crippen LogP contribution in [0.2, 0.25) is 0 Å². The van der Waals surface area contributed by atoms with E-state index in [0.717, 1.165) is 15.7 Å². The van der Waals surface area contributed by atoms with Gasteiger partial charge in [-0.05, 0) is 42.3 Å². The van der Waals surface area contributed by atoms with Crippen LogP contribution in [0.15, 0.2) is 53.0 Å². The molecule has 0 bridgehead atoms. The molecule has 2 rings (SSSR count). The maximum atomic E-state index is 12.7. The number of hydrogen-bond donors (Lipinski definition) is 2. The standard InChI is InChI=1S/C16H16BrFN2O/c17-13-2-1-3-15(10-13)20-11-16(21)19-9-8-12-4-6-14(18)7-5-12/h1-7,10,20H,8-9,11H2,(H,19,21). The lowest BCUT2D eigenvalue weighted by molar-refractivity contribution is -0.119. The van der Waals surface area contributed by atoms with E-state index in [1.165, 1.54) is 12.1 Å². The van der Waals surface area contributed by atoms with Crippen molar-refractivity contribution in [2.45, 2.75) is 6.42 Å². The molecule has 0 radical (unpaired) electrons. The molecule has 0 unspecified atom stereocenters. The maximum Gasteiger partial charge on any atom is 0.239 e. The highest BCUT2D eigenvalue weighted by atomic mass is 79.9. The molecule has 2 aromatic rings. The summed E-state index contributed by atoms with van der Waals surface area (Å²) in [5, 5.41) is 5.87. The van der Waals surface area contributed by atoms with Gasteiger partial charge in [0.1, 0.15) is 5.82 Å². The van der Waals surface area contributed by atoms with E-state index in [0.29, 0.717) is 13.0 Å². The number of amides is 1. The third kappa shape index (κ3) is 5.55. The van der Waals surface area contributed by atoms with Crippen LogP contribution in [-0.4, -0.2) is 19.0 Å². The molecule has 0 heterocycles. The number of nitrogens with one attached hydrogen (secondary N) is 2. The van der Waals surface area contributed by atoms with Crippen LogP contribution < -0.4 is 10.6 Å². The Labute approximate surface area is 131 Å². The van der Waals surface area contributed by atoms with Gasteiger partial charge in [0, 0.05) is 16.7 Å². The summed E-state index contributed by atoms with van der Waals surface area (Å²) < 4.78 is 13.7. The van der Waals surface area contributed by atoms with Gasteiger partial charge in [-0.3, -0.25) is 4.79 Å². The first-order valence-corrected chi connectivity index (χ1v) is 7.43. The largest absolute Gasteiger partial charge is 0.376 e. The number of carbonyl (C=O) groups excluding carboxylic acids is 1. The first kappa shape index (κ1) is 15.5. The Morgan fingerprint density at radius 1 is 1.14 bits per heavy atom. The van der Waals surface area contributed by atoms with Gasteiger partial charge in [0.15, 0.2) is 0 Å². The van der Waals surface area contributed by atoms with Crippen LogP contribution in [0.3, 0.4) is 0 Å². The Balaban J connectivity index is 1.69. The molecule has 0 aliphatic carbocycles. The van der Waals surface area contributed by atoms with E-state index in [2.05, 4.69) is 26.6 Å². The topological polar surface area (TPSA) is 41.1 Å². The number of carbonyl (C=O) groups is 1. The molecule has 0 saturated heterocycles. The molecule has 0 aliphatic heterocycles. The summed E-state index contributed by atoms with van der Waals surface area (Å²) in [6.45, 7) is 0.754. The summed E-state index contributed by atoms with van der Waals surface area (Å²) in [5.41, 5.74) is 1.88. The Kier molecular flexibility index (Phi) is 5.75. The zero-order chi connectivity index (χ0) is 15.1. The lowest BCUT2D eigenvalue weighted by atomic mass is 10.1. The van der Waals surface area contributed by atoms with Crippen LogP contribution in [0, 0.1) is 5.82 Å². The maximum absolute atomic E-state index is 12.7. The second kappa shape index (κ2) is 7.78. The summed E-state index contributed by atoms with van der Waals surface area (Å²) in [6.07, 6.45) is 0.683. The lowest BCUT2D eigenvalue weighted by Crippen LogP contribution is -2.31. The highest BCUT2D eigenvalue weighted by Crippen LogP contribution is 2.15. The fraction of sp³-hybridized carbons (Fsp3) is 0.188. The second-order valence-electron chi connectivity index (χ2n) is 4.59. The molecule has 110 valence electrons. The number of hydrogen-bond acceptors (Lipinski definition) is 2. The van der Waals surface area contributed by atoms with Crippen LogP contribution in [0.5, 0.6) is 0 Å². The molecule has 2 N–H and O–H groups in total. The molecular weight excluding hydrogens is 335 g/mol. The van der Waals surface area contributed by atoms with Gasteiger partial charge >= 0.3 is 0 Å². The van der Waals surface area contributed by atoms with E-state index in [1.54, 1.807) is 12.1 Å². The lowest BCUT2D eigenvalue weighted by Gasteiger charge is -2.08. The van der Waals surface area contributed by atoms with Gasteiger partial charge in [0.2, 0.25) is 5.91 Å². The van der Waals surface area contributed by atoms with E-state index in [-0.39, 0.29) is 18.3 Å². The Hall–Kier alpha value is -1.88. The highest BCUT2D eigenvalue weighted by molar-refractivity contribution is 9.10. The monoisotopic (exact) mass is 350 g/mol. The normalized spacial score (nSPS) is 10.2. The van der Waals surface area contributed by atoms with Gasteiger partial charge in [-0.2, -0.15) is 0 Å². The van der Waals surface area contributed by atoms with Crippen LogP contribution in [0.1, 0.15) is 5.56 Å². The van der Waals surface area contributed by atoms with Crippen LogP contribution >= 0.6 is 15.9 Å². The minimum absolute atomic E-state index is 0.0721. The molecule has 0 fully saturated rings. The fourth-order valence-corrected chi connectivity index (χ4v) is 2.24. The van der Waals surface area contributed by atoms with Gasteiger partial charge < -0.3 is 10.6 Å². The molecule has 1 amide bonds. The van der Waals surface area contributed by atoms with Crippen molar-refractivity contribution in [2.75, 3.05) is 18.4 Å². The van der Waals surface area contributed by atoms with Crippen molar-refractivity contribution in [2.24, 2.45) is 0 Å². The van der Waals surface area contributed by atoms with Crippen molar-refractivity contribution < 1.29 is 9.18 Å². The third-order valence-corrected chi connectivity index (χ3v) is 3.42. The summed E-state index contributed by atoms with van der Waals surface area (Å²) in [5.74, 6) is -0.321. The van der Waals surface area contributed by atoms with Gasteiger partial charge in [-0.1, -0.05) is 34.1 Å².